The average molecular weight is 350 g/mol. The van der Waals surface area contributed by atoms with Crippen LogP contribution in [-0.2, 0) is 14.3 Å². The Balaban J connectivity index is 1.32. The van der Waals surface area contributed by atoms with E-state index >= 15 is 0 Å². The van der Waals surface area contributed by atoms with Gasteiger partial charge in [-0.25, -0.2) is 0 Å². The van der Waals surface area contributed by atoms with E-state index in [1.165, 1.54) is 0 Å². The second-order valence-corrected chi connectivity index (χ2v) is 7.82. The maximum absolute atomic E-state index is 13.1. The average Bonchev–Trinajstić information content (AvgIpc) is 3.11. The molecule has 0 radical (unpaired) electrons. The zero-order valence-corrected chi connectivity index (χ0v) is 15.0. The molecule has 4 heterocycles. The number of rotatable bonds is 4. The number of nitrogens with zero attached hydrogens (tertiary/aromatic N) is 3. The second-order valence-electron chi connectivity index (χ2n) is 7.82. The SMILES string of the molecule is O=C1CC(C(=O)N2C3CCNCC2CC3)CN1CCN1CCOCC1. The van der Waals surface area contributed by atoms with Crippen molar-refractivity contribution in [1.29, 1.82) is 0 Å². The van der Waals surface area contributed by atoms with Gasteiger partial charge in [0.25, 0.3) is 0 Å². The first-order valence-electron chi connectivity index (χ1n) is 9.83. The molecule has 25 heavy (non-hydrogen) atoms. The van der Waals surface area contributed by atoms with Gasteiger partial charge in [0.1, 0.15) is 0 Å². The van der Waals surface area contributed by atoms with E-state index in [1.54, 1.807) is 0 Å². The fraction of sp³-hybridized carbons (Fsp3) is 0.889. The Morgan fingerprint density at radius 2 is 1.92 bits per heavy atom. The predicted molar refractivity (Wildman–Crippen MR) is 93.1 cm³/mol. The smallest absolute Gasteiger partial charge is 0.228 e. The molecule has 2 bridgehead atoms. The van der Waals surface area contributed by atoms with E-state index in [2.05, 4.69) is 15.1 Å². The van der Waals surface area contributed by atoms with Crippen molar-refractivity contribution in [2.24, 2.45) is 5.92 Å². The molecule has 4 rings (SSSR count). The maximum Gasteiger partial charge on any atom is 0.228 e. The normalized spacial score (nSPS) is 33.8. The van der Waals surface area contributed by atoms with Gasteiger partial charge in [0.15, 0.2) is 0 Å². The summed E-state index contributed by atoms with van der Waals surface area (Å²) in [4.78, 5) is 31.9. The van der Waals surface area contributed by atoms with Crippen LogP contribution >= 0.6 is 0 Å². The number of amides is 2. The van der Waals surface area contributed by atoms with Gasteiger partial charge in [-0.2, -0.15) is 0 Å². The van der Waals surface area contributed by atoms with Crippen LogP contribution in [0.3, 0.4) is 0 Å². The molecule has 0 aromatic heterocycles. The van der Waals surface area contributed by atoms with Gasteiger partial charge in [-0.3, -0.25) is 14.5 Å². The monoisotopic (exact) mass is 350 g/mol. The number of morpholine rings is 1. The zero-order valence-electron chi connectivity index (χ0n) is 15.0. The van der Waals surface area contributed by atoms with Crippen molar-refractivity contribution in [2.75, 3.05) is 59.0 Å². The van der Waals surface area contributed by atoms with Crippen LogP contribution in [0.2, 0.25) is 0 Å². The first-order valence-corrected chi connectivity index (χ1v) is 9.83. The van der Waals surface area contributed by atoms with Gasteiger partial charge < -0.3 is 19.9 Å². The number of carbonyl (C=O) groups is 2. The first kappa shape index (κ1) is 17.2. The summed E-state index contributed by atoms with van der Waals surface area (Å²) in [7, 11) is 0. The summed E-state index contributed by atoms with van der Waals surface area (Å²) in [6.07, 6.45) is 3.67. The minimum atomic E-state index is -0.140. The predicted octanol–water partition coefficient (Wildman–Crippen LogP) is -0.480. The number of hydrogen-bond acceptors (Lipinski definition) is 5. The molecule has 0 aromatic carbocycles. The highest BCUT2D eigenvalue weighted by atomic mass is 16.5. The summed E-state index contributed by atoms with van der Waals surface area (Å²) >= 11 is 0. The maximum atomic E-state index is 13.1. The number of ether oxygens (including phenoxy) is 1. The van der Waals surface area contributed by atoms with Crippen LogP contribution in [0.5, 0.6) is 0 Å². The Kier molecular flexibility index (Phi) is 5.24. The van der Waals surface area contributed by atoms with E-state index in [0.29, 0.717) is 25.0 Å². The molecule has 0 aromatic rings. The topological polar surface area (TPSA) is 65.1 Å². The lowest BCUT2D eigenvalue weighted by atomic mass is 10.1. The molecule has 4 fully saturated rings. The van der Waals surface area contributed by atoms with Crippen LogP contribution in [0.1, 0.15) is 25.7 Å². The van der Waals surface area contributed by atoms with E-state index in [0.717, 1.165) is 71.7 Å². The number of hydrogen-bond donors (Lipinski definition) is 1. The molecule has 140 valence electrons. The van der Waals surface area contributed by atoms with Gasteiger partial charge in [-0.15, -0.1) is 0 Å². The van der Waals surface area contributed by atoms with Crippen LogP contribution in [0.15, 0.2) is 0 Å². The van der Waals surface area contributed by atoms with Gasteiger partial charge in [0.05, 0.1) is 19.1 Å². The zero-order chi connectivity index (χ0) is 17.2. The third-order valence-electron chi connectivity index (χ3n) is 6.26. The molecule has 3 atom stereocenters. The molecule has 2 amide bonds. The van der Waals surface area contributed by atoms with Gasteiger partial charge in [0, 0.05) is 57.8 Å². The quantitative estimate of drug-likeness (QED) is 0.742. The molecule has 7 nitrogen and oxygen atoms in total. The molecule has 3 unspecified atom stereocenters. The fourth-order valence-electron chi connectivity index (χ4n) is 4.79. The second kappa shape index (κ2) is 7.60. The molecule has 4 aliphatic heterocycles. The van der Waals surface area contributed by atoms with E-state index < -0.39 is 0 Å². The molecule has 1 N–H and O–H groups in total. The molecule has 4 saturated heterocycles. The summed E-state index contributed by atoms with van der Waals surface area (Å²) < 4.78 is 5.37. The summed E-state index contributed by atoms with van der Waals surface area (Å²) in [6, 6.07) is 0.711. The van der Waals surface area contributed by atoms with Crippen molar-refractivity contribution in [3.05, 3.63) is 0 Å². The van der Waals surface area contributed by atoms with Crippen molar-refractivity contribution in [3.8, 4) is 0 Å². The largest absolute Gasteiger partial charge is 0.379 e. The summed E-state index contributed by atoms with van der Waals surface area (Å²) in [6.45, 7) is 7.56. The molecular formula is C18H30N4O3. The highest BCUT2D eigenvalue weighted by molar-refractivity contribution is 5.89. The van der Waals surface area contributed by atoms with Crippen LogP contribution in [0, 0.1) is 5.92 Å². The van der Waals surface area contributed by atoms with Crippen molar-refractivity contribution < 1.29 is 14.3 Å². The fourth-order valence-corrected chi connectivity index (χ4v) is 4.79. The van der Waals surface area contributed by atoms with Crippen LogP contribution in [0.25, 0.3) is 0 Å². The summed E-state index contributed by atoms with van der Waals surface area (Å²) in [5.41, 5.74) is 0. The van der Waals surface area contributed by atoms with Crippen molar-refractivity contribution in [2.45, 2.75) is 37.8 Å². The third-order valence-corrected chi connectivity index (χ3v) is 6.26. The van der Waals surface area contributed by atoms with Gasteiger partial charge in [-0.05, 0) is 25.8 Å². The van der Waals surface area contributed by atoms with Crippen molar-refractivity contribution >= 4 is 11.8 Å². The highest BCUT2D eigenvalue weighted by Gasteiger charge is 2.43. The lowest BCUT2D eigenvalue weighted by Crippen LogP contribution is -2.46. The van der Waals surface area contributed by atoms with Crippen molar-refractivity contribution in [3.63, 3.8) is 0 Å². The van der Waals surface area contributed by atoms with E-state index in [1.807, 2.05) is 4.90 Å². The Labute approximate surface area is 149 Å². The minimum Gasteiger partial charge on any atom is -0.379 e. The van der Waals surface area contributed by atoms with Crippen molar-refractivity contribution in [1.82, 2.24) is 20.0 Å². The summed E-state index contributed by atoms with van der Waals surface area (Å²) in [5.74, 6) is 0.226. The van der Waals surface area contributed by atoms with Gasteiger partial charge in [-0.1, -0.05) is 0 Å². The van der Waals surface area contributed by atoms with Gasteiger partial charge >= 0.3 is 0 Å². The molecule has 0 saturated carbocycles. The van der Waals surface area contributed by atoms with E-state index in [4.69, 9.17) is 4.74 Å². The standard InChI is InChI=1S/C18H30N4O3/c23-17-11-14(13-21(17)6-5-20-7-9-25-10-8-20)18(24)22-15-1-2-16(22)12-19-4-3-15/h14-16,19H,1-13H2. The highest BCUT2D eigenvalue weighted by Crippen LogP contribution is 2.31. The Hall–Kier alpha value is -1.18. The number of nitrogens with one attached hydrogen (secondary N) is 1. The lowest BCUT2D eigenvalue weighted by Gasteiger charge is -2.31. The summed E-state index contributed by atoms with van der Waals surface area (Å²) in [5, 5.41) is 3.44. The lowest BCUT2D eigenvalue weighted by molar-refractivity contribution is -0.138. The van der Waals surface area contributed by atoms with E-state index in [9.17, 15) is 9.59 Å². The first-order chi connectivity index (χ1) is 12.2. The minimum absolute atomic E-state index is 0.140. The molecular weight excluding hydrogens is 320 g/mol. The number of carbonyl (C=O) groups excluding carboxylic acids is 2. The molecule has 7 heteroatoms. The van der Waals surface area contributed by atoms with E-state index in [-0.39, 0.29) is 17.7 Å². The number of likely N-dealkylation sites (tertiary alicyclic amines) is 1. The Morgan fingerprint density at radius 3 is 2.76 bits per heavy atom. The third kappa shape index (κ3) is 3.68. The van der Waals surface area contributed by atoms with Crippen LogP contribution < -0.4 is 5.32 Å². The molecule has 0 aliphatic carbocycles. The van der Waals surface area contributed by atoms with Gasteiger partial charge in [0.2, 0.25) is 11.8 Å². The van der Waals surface area contributed by atoms with Crippen LogP contribution in [0.4, 0.5) is 0 Å². The van der Waals surface area contributed by atoms with Crippen LogP contribution in [-0.4, -0.2) is 97.6 Å². The number of fused-ring (bicyclic) bond motifs is 2. The molecule has 4 aliphatic rings. The Morgan fingerprint density at radius 1 is 1.12 bits per heavy atom. The Bertz CT molecular complexity index is 495. The molecule has 0 spiro atoms.